The van der Waals surface area contributed by atoms with Crippen molar-refractivity contribution in [2.24, 2.45) is 5.92 Å². The molecule has 0 bridgehead atoms. The molecule has 1 heterocycles. The van der Waals surface area contributed by atoms with E-state index in [1.54, 1.807) is 14.0 Å². The van der Waals surface area contributed by atoms with Crippen molar-refractivity contribution in [3.63, 3.8) is 0 Å². The highest BCUT2D eigenvalue weighted by Crippen LogP contribution is 2.23. The van der Waals surface area contributed by atoms with E-state index in [4.69, 9.17) is 14.2 Å². The molecule has 0 aromatic heterocycles. The Labute approximate surface area is 105 Å². The van der Waals surface area contributed by atoms with Crippen molar-refractivity contribution in [3.05, 3.63) is 0 Å². The van der Waals surface area contributed by atoms with E-state index < -0.39 is 24.0 Å². The third kappa shape index (κ3) is 4.25. The molecule has 0 saturated carbocycles. The summed E-state index contributed by atoms with van der Waals surface area (Å²) < 4.78 is 15.2. The maximum atomic E-state index is 11.3. The molecule has 0 aliphatic carbocycles. The van der Waals surface area contributed by atoms with Gasteiger partial charge in [-0.1, -0.05) is 0 Å². The van der Waals surface area contributed by atoms with Gasteiger partial charge in [0.1, 0.15) is 6.79 Å². The van der Waals surface area contributed by atoms with Crippen LogP contribution in [0.3, 0.4) is 0 Å². The number of amides is 1. The second-order valence-corrected chi connectivity index (χ2v) is 4.11. The Balaban J connectivity index is 2.24. The van der Waals surface area contributed by atoms with E-state index in [0.29, 0.717) is 13.2 Å². The number of nitrogens with one attached hydrogen (secondary N) is 1. The number of carbonyl (C=O) groups is 2. The van der Waals surface area contributed by atoms with Crippen LogP contribution >= 0.6 is 0 Å². The first-order valence-electron chi connectivity index (χ1n) is 5.74. The molecule has 0 aromatic carbocycles. The van der Waals surface area contributed by atoms with Gasteiger partial charge in [0, 0.05) is 25.5 Å². The normalized spacial score (nSPS) is 24.2. The summed E-state index contributed by atoms with van der Waals surface area (Å²) in [7, 11) is 1.57. The minimum atomic E-state index is -1.19. The Kier molecular flexibility index (Phi) is 6.03. The standard InChI is InChI=1S/C11H19NO6/c1-7(18-6-17-4-3-16-2)10-8(5-9(13)14)12-11(10)15/h7-8,10H,3-6H2,1-2H3,(H,12,15)(H,13,14)/p-1. The summed E-state index contributed by atoms with van der Waals surface area (Å²) in [6.45, 7) is 2.63. The van der Waals surface area contributed by atoms with E-state index in [2.05, 4.69) is 5.32 Å². The molecule has 1 rings (SSSR count). The average Bonchev–Trinajstić information content (AvgIpc) is 2.27. The summed E-state index contributed by atoms with van der Waals surface area (Å²) in [5.74, 6) is -1.85. The molecular formula is C11H18NO6-. The number of methoxy groups -OCH3 is 1. The van der Waals surface area contributed by atoms with E-state index in [9.17, 15) is 14.7 Å². The van der Waals surface area contributed by atoms with Crippen molar-refractivity contribution in [3.8, 4) is 0 Å². The van der Waals surface area contributed by atoms with E-state index >= 15 is 0 Å². The van der Waals surface area contributed by atoms with Crippen LogP contribution in [0.5, 0.6) is 0 Å². The van der Waals surface area contributed by atoms with Gasteiger partial charge in [-0.25, -0.2) is 0 Å². The average molecular weight is 260 g/mol. The molecule has 104 valence electrons. The van der Waals surface area contributed by atoms with Crippen molar-refractivity contribution in [1.82, 2.24) is 5.32 Å². The van der Waals surface area contributed by atoms with Crippen molar-refractivity contribution in [2.75, 3.05) is 27.1 Å². The number of hydrogen-bond donors (Lipinski definition) is 1. The van der Waals surface area contributed by atoms with Crippen molar-refractivity contribution < 1.29 is 28.9 Å². The number of β-lactam (4-membered cyclic amide) rings is 1. The van der Waals surface area contributed by atoms with Gasteiger partial charge in [-0.2, -0.15) is 0 Å². The van der Waals surface area contributed by atoms with Crippen LogP contribution < -0.4 is 10.4 Å². The molecule has 7 heteroatoms. The molecule has 1 fully saturated rings. The molecule has 3 atom stereocenters. The van der Waals surface area contributed by atoms with Crippen LogP contribution in [0.1, 0.15) is 13.3 Å². The SMILES string of the molecule is COCCOCOC(C)C1C(=O)NC1CC(=O)[O-]. The lowest BCUT2D eigenvalue weighted by Gasteiger charge is -2.40. The number of hydrogen-bond acceptors (Lipinski definition) is 6. The highest BCUT2D eigenvalue weighted by atomic mass is 16.7. The van der Waals surface area contributed by atoms with Crippen LogP contribution in [0.2, 0.25) is 0 Å². The van der Waals surface area contributed by atoms with Gasteiger partial charge in [0.05, 0.1) is 25.2 Å². The van der Waals surface area contributed by atoms with E-state index in [1.807, 2.05) is 0 Å². The summed E-state index contributed by atoms with van der Waals surface area (Å²) in [6.07, 6.45) is -0.597. The smallest absolute Gasteiger partial charge is 0.228 e. The zero-order valence-electron chi connectivity index (χ0n) is 10.5. The number of aliphatic carboxylic acids is 1. The third-order valence-corrected chi connectivity index (χ3v) is 2.80. The van der Waals surface area contributed by atoms with Gasteiger partial charge in [-0.05, 0) is 6.92 Å². The topological polar surface area (TPSA) is 96.9 Å². The van der Waals surface area contributed by atoms with Gasteiger partial charge in [-0.15, -0.1) is 0 Å². The summed E-state index contributed by atoms with van der Waals surface area (Å²) in [4.78, 5) is 21.8. The molecule has 1 aliphatic heterocycles. The minimum Gasteiger partial charge on any atom is -0.550 e. The summed E-state index contributed by atoms with van der Waals surface area (Å²) in [6, 6.07) is -0.420. The second-order valence-electron chi connectivity index (χ2n) is 4.11. The molecule has 1 saturated heterocycles. The van der Waals surface area contributed by atoms with Gasteiger partial charge in [-0.3, -0.25) is 4.79 Å². The van der Waals surface area contributed by atoms with E-state index in [-0.39, 0.29) is 19.1 Å². The first-order chi connectivity index (χ1) is 8.56. The van der Waals surface area contributed by atoms with Gasteiger partial charge in [0.25, 0.3) is 0 Å². The summed E-state index contributed by atoms with van der Waals surface area (Å²) in [5.41, 5.74) is 0. The highest BCUT2D eigenvalue weighted by molar-refractivity contribution is 5.87. The molecular weight excluding hydrogens is 242 g/mol. The first-order valence-corrected chi connectivity index (χ1v) is 5.74. The fraction of sp³-hybridized carbons (Fsp3) is 0.818. The Morgan fingerprint density at radius 3 is 2.78 bits per heavy atom. The van der Waals surface area contributed by atoms with Gasteiger partial charge in [0.2, 0.25) is 5.91 Å². The molecule has 1 aliphatic rings. The lowest BCUT2D eigenvalue weighted by Crippen LogP contribution is -2.63. The quantitative estimate of drug-likeness (QED) is 0.300. The number of rotatable bonds is 9. The monoisotopic (exact) mass is 260 g/mol. The van der Waals surface area contributed by atoms with Gasteiger partial charge < -0.3 is 29.4 Å². The number of carboxylic acid groups (broad SMARTS) is 1. The summed E-state index contributed by atoms with van der Waals surface area (Å²) >= 11 is 0. The Bertz CT molecular complexity index is 295. The van der Waals surface area contributed by atoms with Crippen molar-refractivity contribution >= 4 is 11.9 Å². The Hall–Kier alpha value is -1.18. The zero-order chi connectivity index (χ0) is 13.5. The van der Waals surface area contributed by atoms with Crippen molar-refractivity contribution in [1.29, 1.82) is 0 Å². The zero-order valence-corrected chi connectivity index (χ0v) is 10.5. The molecule has 0 aromatic rings. The lowest BCUT2D eigenvalue weighted by molar-refractivity contribution is -0.306. The fourth-order valence-corrected chi connectivity index (χ4v) is 1.81. The minimum absolute atomic E-state index is 0.0480. The van der Waals surface area contributed by atoms with Gasteiger partial charge >= 0.3 is 0 Å². The predicted octanol–water partition coefficient (Wildman–Crippen LogP) is -1.73. The number of ether oxygens (including phenoxy) is 3. The lowest BCUT2D eigenvalue weighted by atomic mass is 9.84. The predicted molar refractivity (Wildman–Crippen MR) is 58.3 cm³/mol. The van der Waals surface area contributed by atoms with Crippen LogP contribution in [0.25, 0.3) is 0 Å². The van der Waals surface area contributed by atoms with Crippen LogP contribution in [0.15, 0.2) is 0 Å². The maximum Gasteiger partial charge on any atom is 0.228 e. The molecule has 1 amide bonds. The van der Waals surface area contributed by atoms with Crippen LogP contribution in [-0.4, -0.2) is 51.1 Å². The Morgan fingerprint density at radius 1 is 1.50 bits per heavy atom. The molecule has 18 heavy (non-hydrogen) atoms. The highest BCUT2D eigenvalue weighted by Gasteiger charge is 2.43. The maximum absolute atomic E-state index is 11.3. The van der Waals surface area contributed by atoms with E-state index in [0.717, 1.165) is 0 Å². The largest absolute Gasteiger partial charge is 0.550 e. The number of carboxylic acids is 1. The molecule has 3 unspecified atom stereocenters. The van der Waals surface area contributed by atoms with E-state index in [1.165, 1.54) is 0 Å². The van der Waals surface area contributed by atoms with Crippen LogP contribution in [0.4, 0.5) is 0 Å². The first kappa shape index (κ1) is 14.9. The van der Waals surface area contributed by atoms with Crippen molar-refractivity contribution in [2.45, 2.75) is 25.5 Å². The Morgan fingerprint density at radius 2 is 2.22 bits per heavy atom. The molecule has 7 nitrogen and oxygen atoms in total. The third-order valence-electron chi connectivity index (χ3n) is 2.80. The fourth-order valence-electron chi connectivity index (χ4n) is 1.81. The summed E-state index contributed by atoms with van der Waals surface area (Å²) in [5, 5.41) is 13.0. The van der Waals surface area contributed by atoms with Gasteiger partial charge in [0.15, 0.2) is 0 Å². The van der Waals surface area contributed by atoms with Crippen LogP contribution in [0, 0.1) is 5.92 Å². The molecule has 0 spiro atoms. The molecule has 1 N–H and O–H groups in total. The second kappa shape index (κ2) is 7.30. The van der Waals surface area contributed by atoms with Crippen LogP contribution in [-0.2, 0) is 23.8 Å². The number of carbonyl (C=O) groups excluding carboxylic acids is 2. The molecule has 0 radical (unpaired) electrons.